The molecular weight excluding hydrogens is 346 g/mol. The molecule has 4 rings (SSSR count). The molecule has 4 nitrogen and oxygen atoms in total. The molecule has 0 amide bonds. The molecule has 140 valence electrons. The molecule has 1 aromatic heterocycles. The van der Waals surface area contributed by atoms with Gasteiger partial charge in [0.2, 0.25) is 0 Å². The van der Waals surface area contributed by atoms with Crippen molar-refractivity contribution in [3.05, 3.63) is 89.0 Å². The number of benzene rings is 3. The van der Waals surface area contributed by atoms with Gasteiger partial charge in [-0.25, -0.2) is 4.98 Å². The molecule has 3 aromatic carbocycles. The Bertz CT molecular complexity index is 1190. The van der Waals surface area contributed by atoms with Crippen molar-refractivity contribution in [2.24, 2.45) is 0 Å². The van der Waals surface area contributed by atoms with Crippen molar-refractivity contribution < 1.29 is 0 Å². The minimum atomic E-state index is -0.0288. The van der Waals surface area contributed by atoms with Crippen LogP contribution in [0.4, 0.5) is 5.69 Å². The minimum absolute atomic E-state index is 0.0288. The predicted molar refractivity (Wildman–Crippen MR) is 116 cm³/mol. The molecule has 0 radical (unpaired) electrons. The summed E-state index contributed by atoms with van der Waals surface area (Å²) >= 11 is 0. The predicted octanol–water partition coefficient (Wildman–Crippen LogP) is 4.68. The average molecular weight is 369 g/mol. The van der Waals surface area contributed by atoms with Crippen molar-refractivity contribution in [3.8, 4) is 16.8 Å². The third-order valence-electron chi connectivity index (χ3n) is 4.97. The van der Waals surface area contributed by atoms with Gasteiger partial charge in [-0.15, -0.1) is 0 Å². The van der Waals surface area contributed by atoms with Crippen LogP contribution in [0, 0.1) is 0 Å². The number of nitrogens with zero attached hydrogens (tertiary/aromatic N) is 3. The standard InChI is InChI=1S/C24H23N3O/c1-4-22-25-21-15-9-14-20(17-10-8-13-19(16-17)26(2)3)23(21)24(28)27(22)18-11-6-5-7-12-18/h5-16H,4H2,1-3H3. The van der Waals surface area contributed by atoms with Crippen LogP contribution < -0.4 is 10.5 Å². The Balaban J connectivity index is 2.05. The zero-order valence-electron chi connectivity index (χ0n) is 16.4. The molecule has 4 heteroatoms. The Labute approximate surface area is 164 Å². The van der Waals surface area contributed by atoms with Crippen LogP contribution in [0.1, 0.15) is 12.7 Å². The molecule has 0 N–H and O–H groups in total. The van der Waals surface area contributed by atoms with E-state index in [1.165, 1.54) is 0 Å². The van der Waals surface area contributed by atoms with E-state index in [0.29, 0.717) is 11.8 Å². The molecule has 0 fully saturated rings. The van der Waals surface area contributed by atoms with E-state index in [9.17, 15) is 4.79 Å². The van der Waals surface area contributed by atoms with Crippen molar-refractivity contribution in [3.63, 3.8) is 0 Å². The normalized spacial score (nSPS) is 11.0. The number of hydrogen-bond acceptors (Lipinski definition) is 3. The van der Waals surface area contributed by atoms with Gasteiger partial charge in [-0.2, -0.15) is 0 Å². The van der Waals surface area contributed by atoms with Crippen LogP contribution in [-0.4, -0.2) is 23.6 Å². The van der Waals surface area contributed by atoms with Gasteiger partial charge in [0.1, 0.15) is 5.82 Å². The Morgan fingerprint density at radius 3 is 2.39 bits per heavy atom. The largest absolute Gasteiger partial charge is 0.378 e. The fourth-order valence-corrected chi connectivity index (χ4v) is 3.55. The van der Waals surface area contributed by atoms with Crippen LogP contribution >= 0.6 is 0 Å². The molecule has 0 saturated heterocycles. The lowest BCUT2D eigenvalue weighted by Gasteiger charge is -2.16. The summed E-state index contributed by atoms with van der Waals surface area (Å²) in [6.45, 7) is 2.03. The summed E-state index contributed by atoms with van der Waals surface area (Å²) in [4.78, 5) is 20.5. The highest BCUT2D eigenvalue weighted by atomic mass is 16.1. The lowest BCUT2D eigenvalue weighted by molar-refractivity contribution is 0.833. The first-order valence-corrected chi connectivity index (χ1v) is 9.48. The number of anilines is 1. The van der Waals surface area contributed by atoms with Gasteiger partial charge in [-0.3, -0.25) is 9.36 Å². The van der Waals surface area contributed by atoms with Gasteiger partial charge in [0, 0.05) is 26.2 Å². The third-order valence-corrected chi connectivity index (χ3v) is 4.97. The van der Waals surface area contributed by atoms with Crippen molar-refractivity contribution in [2.75, 3.05) is 19.0 Å². The summed E-state index contributed by atoms with van der Waals surface area (Å²) < 4.78 is 1.74. The van der Waals surface area contributed by atoms with Crippen LogP contribution in [0.5, 0.6) is 0 Å². The van der Waals surface area contributed by atoms with Crippen LogP contribution in [0.15, 0.2) is 77.6 Å². The number of para-hydroxylation sites is 1. The van der Waals surface area contributed by atoms with E-state index in [4.69, 9.17) is 4.98 Å². The molecule has 0 saturated carbocycles. The lowest BCUT2D eigenvalue weighted by Crippen LogP contribution is -2.24. The highest BCUT2D eigenvalue weighted by molar-refractivity contribution is 5.94. The van der Waals surface area contributed by atoms with Gasteiger partial charge in [-0.05, 0) is 41.5 Å². The first-order valence-electron chi connectivity index (χ1n) is 9.48. The fraction of sp³-hybridized carbons (Fsp3) is 0.167. The SMILES string of the molecule is CCc1nc2cccc(-c3cccc(N(C)C)c3)c2c(=O)n1-c1ccccc1. The van der Waals surface area contributed by atoms with Crippen LogP contribution in [-0.2, 0) is 6.42 Å². The molecule has 4 aromatic rings. The van der Waals surface area contributed by atoms with E-state index < -0.39 is 0 Å². The van der Waals surface area contributed by atoms with E-state index >= 15 is 0 Å². The average Bonchev–Trinajstić information content (AvgIpc) is 2.73. The van der Waals surface area contributed by atoms with Gasteiger partial charge in [0.15, 0.2) is 0 Å². The van der Waals surface area contributed by atoms with Crippen molar-refractivity contribution in [1.82, 2.24) is 9.55 Å². The van der Waals surface area contributed by atoms with Crippen molar-refractivity contribution in [1.29, 1.82) is 0 Å². The van der Waals surface area contributed by atoms with Gasteiger partial charge in [0.25, 0.3) is 5.56 Å². The fourth-order valence-electron chi connectivity index (χ4n) is 3.55. The summed E-state index contributed by atoms with van der Waals surface area (Å²) in [5.41, 5.74) is 4.57. The molecule has 0 bridgehead atoms. The van der Waals surface area contributed by atoms with Crippen LogP contribution in [0.3, 0.4) is 0 Å². The molecule has 0 spiro atoms. The van der Waals surface area contributed by atoms with Gasteiger partial charge < -0.3 is 4.90 Å². The quantitative estimate of drug-likeness (QED) is 0.524. The second-order valence-electron chi connectivity index (χ2n) is 7.00. The molecule has 1 heterocycles. The molecule has 0 unspecified atom stereocenters. The van der Waals surface area contributed by atoms with E-state index in [1.54, 1.807) is 4.57 Å². The maximum absolute atomic E-state index is 13.6. The van der Waals surface area contributed by atoms with Gasteiger partial charge >= 0.3 is 0 Å². The highest BCUT2D eigenvalue weighted by Crippen LogP contribution is 2.29. The summed E-state index contributed by atoms with van der Waals surface area (Å²) in [5.74, 6) is 0.767. The minimum Gasteiger partial charge on any atom is -0.378 e. The Morgan fingerprint density at radius 2 is 1.68 bits per heavy atom. The maximum atomic E-state index is 13.6. The summed E-state index contributed by atoms with van der Waals surface area (Å²) in [6, 6.07) is 23.9. The number of hydrogen-bond donors (Lipinski definition) is 0. The van der Waals surface area contributed by atoms with Gasteiger partial charge in [0.05, 0.1) is 16.6 Å². The van der Waals surface area contributed by atoms with Crippen LogP contribution in [0.2, 0.25) is 0 Å². The number of aromatic nitrogens is 2. The summed E-state index contributed by atoms with van der Waals surface area (Å²) in [5, 5.41) is 0.652. The zero-order valence-corrected chi connectivity index (χ0v) is 16.4. The molecular formula is C24H23N3O. The number of rotatable bonds is 4. The Morgan fingerprint density at radius 1 is 0.929 bits per heavy atom. The van der Waals surface area contributed by atoms with Gasteiger partial charge in [-0.1, -0.05) is 49.4 Å². The first-order chi connectivity index (χ1) is 13.6. The molecule has 0 aliphatic carbocycles. The Kier molecular flexibility index (Phi) is 4.70. The Hall–Kier alpha value is -3.40. The van der Waals surface area contributed by atoms with E-state index in [-0.39, 0.29) is 5.56 Å². The van der Waals surface area contributed by atoms with E-state index in [2.05, 4.69) is 17.0 Å². The molecule has 0 atom stereocenters. The molecule has 0 aliphatic rings. The zero-order chi connectivity index (χ0) is 19.7. The molecule has 28 heavy (non-hydrogen) atoms. The summed E-state index contributed by atoms with van der Waals surface area (Å²) in [7, 11) is 4.03. The van der Waals surface area contributed by atoms with Crippen molar-refractivity contribution in [2.45, 2.75) is 13.3 Å². The highest BCUT2D eigenvalue weighted by Gasteiger charge is 2.15. The third kappa shape index (κ3) is 3.07. The second-order valence-corrected chi connectivity index (χ2v) is 7.00. The monoisotopic (exact) mass is 369 g/mol. The first kappa shape index (κ1) is 18.0. The summed E-state index contributed by atoms with van der Waals surface area (Å²) in [6.07, 6.45) is 0.681. The van der Waals surface area contributed by atoms with Crippen LogP contribution in [0.25, 0.3) is 27.7 Å². The van der Waals surface area contributed by atoms with Crippen molar-refractivity contribution >= 4 is 16.6 Å². The lowest BCUT2D eigenvalue weighted by atomic mass is 10.0. The smallest absolute Gasteiger partial charge is 0.266 e. The number of aryl methyl sites for hydroxylation is 1. The van der Waals surface area contributed by atoms with E-state index in [0.717, 1.165) is 33.8 Å². The van der Waals surface area contributed by atoms with E-state index in [1.807, 2.05) is 81.7 Å². The number of fused-ring (bicyclic) bond motifs is 1. The topological polar surface area (TPSA) is 38.1 Å². The maximum Gasteiger partial charge on any atom is 0.266 e. The second kappa shape index (κ2) is 7.31. The molecule has 0 aliphatic heterocycles.